The molecule has 0 aliphatic heterocycles. The Bertz CT molecular complexity index is 470. The summed E-state index contributed by atoms with van der Waals surface area (Å²) in [6.45, 7) is 1.98. The maximum atomic E-state index is 5.75. The molecule has 0 amide bonds. The van der Waals surface area contributed by atoms with Crippen molar-refractivity contribution >= 4 is 38.6 Å². The van der Waals surface area contributed by atoms with E-state index in [4.69, 9.17) is 11.6 Å². The molecule has 2 nitrogen and oxygen atoms in total. The zero-order valence-corrected chi connectivity index (χ0v) is 9.22. The minimum Gasteiger partial charge on any atom is -0.251 e. The molecule has 1 aromatic carbocycles. The van der Waals surface area contributed by atoms with Gasteiger partial charge in [-0.3, -0.25) is 4.98 Å². The van der Waals surface area contributed by atoms with Crippen LogP contribution in [0.3, 0.4) is 0 Å². The van der Waals surface area contributed by atoms with Crippen LogP contribution < -0.4 is 0 Å². The molecule has 0 saturated carbocycles. The first-order valence-electron chi connectivity index (χ1n) is 3.75. The lowest BCUT2D eigenvalue weighted by Gasteiger charge is -2.01. The number of aryl methyl sites for hydroxylation is 1. The number of aromatic nitrogens is 2. The van der Waals surface area contributed by atoms with Crippen molar-refractivity contribution in [3.05, 3.63) is 33.5 Å². The Morgan fingerprint density at radius 1 is 1.38 bits per heavy atom. The average Bonchev–Trinajstić information content (AvgIpc) is 2.06. The summed E-state index contributed by atoms with van der Waals surface area (Å²) in [4.78, 5) is 8.38. The van der Waals surface area contributed by atoms with Gasteiger partial charge in [0.05, 0.1) is 17.2 Å². The van der Waals surface area contributed by atoms with Crippen molar-refractivity contribution in [1.29, 1.82) is 0 Å². The van der Waals surface area contributed by atoms with Gasteiger partial charge < -0.3 is 0 Å². The summed E-state index contributed by atoms with van der Waals surface area (Å²) in [6.07, 6.45) is 1.55. The standard InChI is InChI=1S/C9H6BrClN2/c1-5-2-6(10)3-7-9(5)13-8(11)4-12-7/h2-4H,1H3. The zero-order valence-electron chi connectivity index (χ0n) is 6.88. The van der Waals surface area contributed by atoms with Crippen LogP contribution >= 0.6 is 27.5 Å². The fourth-order valence-corrected chi connectivity index (χ4v) is 1.91. The molecule has 1 heterocycles. The summed E-state index contributed by atoms with van der Waals surface area (Å²) in [5.41, 5.74) is 2.78. The highest BCUT2D eigenvalue weighted by molar-refractivity contribution is 9.10. The van der Waals surface area contributed by atoms with Crippen LogP contribution in [0, 0.1) is 6.92 Å². The highest BCUT2D eigenvalue weighted by Crippen LogP contribution is 2.21. The highest BCUT2D eigenvalue weighted by Gasteiger charge is 2.02. The molecular weight excluding hydrogens is 251 g/mol. The molecule has 2 rings (SSSR count). The molecule has 0 aliphatic carbocycles. The monoisotopic (exact) mass is 256 g/mol. The Kier molecular flexibility index (Phi) is 2.22. The summed E-state index contributed by atoms with van der Waals surface area (Å²) in [5, 5.41) is 0.429. The van der Waals surface area contributed by atoms with Crippen molar-refractivity contribution in [2.75, 3.05) is 0 Å². The fraction of sp³-hybridized carbons (Fsp3) is 0.111. The first-order valence-corrected chi connectivity index (χ1v) is 4.92. The lowest BCUT2D eigenvalue weighted by atomic mass is 10.2. The molecule has 66 valence electrons. The van der Waals surface area contributed by atoms with Crippen molar-refractivity contribution in [2.24, 2.45) is 0 Å². The van der Waals surface area contributed by atoms with E-state index in [0.29, 0.717) is 5.15 Å². The van der Waals surface area contributed by atoms with Crippen molar-refractivity contribution in [2.45, 2.75) is 6.92 Å². The largest absolute Gasteiger partial charge is 0.251 e. The zero-order chi connectivity index (χ0) is 9.42. The van der Waals surface area contributed by atoms with Gasteiger partial charge in [0.25, 0.3) is 0 Å². The average molecular weight is 258 g/mol. The Labute approximate surface area is 89.1 Å². The molecule has 0 aliphatic rings. The van der Waals surface area contributed by atoms with E-state index < -0.39 is 0 Å². The third-order valence-corrected chi connectivity index (χ3v) is 2.41. The van der Waals surface area contributed by atoms with Crippen molar-refractivity contribution < 1.29 is 0 Å². The SMILES string of the molecule is Cc1cc(Br)cc2ncc(Cl)nc12. The van der Waals surface area contributed by atoms with E-state index in [1.54, 1.807) is 6.20 Å². The van der Waals surface area contributed by atoms with Gasteiger partial charge >= 0.3 is 0 Å². The van der Waals surface area contributed by atoms with Gasteiger partial charge in [-0.15, -0.1) is 0 Å². The molecule has 0 fully saturated rings. The quantitative estimate of drug-likeness (QED) is 0.723. The molecule has 2 aromatic rings. The van der Waals surface area contributed by atoms with E-state index in [1.165, 1.54) is 0 Å². The van der Waals surface area contributed by atoms with E-state index in [9.17, 15) is 0 Å². The Hall–Kier alpha value is -0.670. The number of rotatable bonds is 0. The van der Waals surface area contributed by atoms with Gasteiger partial charge in [-0.2, -0.15) is 0 Å². The van der Waals surface area contributed by atoms with Crippen molar-refractivity contribution in [1.82, 2.24) is 9.97 Å². The summed E-state index contributed by atoms with van der Waals surface area (Å²) >= 11 is 9.15. The number of benzene rings is 1. The van der Waals surface area contributed by atoms with E-state index >= 15 is 0 Å². The predicted octanol–water partition coefficient (Wildman–Crippen LogP) is 3.35. The van der Waals surface area contributed by atoms with Crippen molar-refractivity contribution in [3.63, 3.8) is 0 Å². The van der Waals surface area contributed by atoms with Gasteiger partial charge in [0.15, 0.2) is 0 Å². The topological polar surface area (TPSA) is 25.8 Å². The number of hydrogen-bond acceptors (Lipinski definition) is 2. The van der Waals surface area contributed by atoms with Crippen LogP contribution in [-0.2, 0) is 0 Å². The van der Waals surface area contributed by atoms with Crippen LogP contribution in [0.4, 0.5) is 0 Å². The molecule has 0 radical (unpaired) electrons. The minimum absolute atomic E-state index is 0.429. The van der Waals surface area contributed by atoms with Crippen LogP contribution in [0.15, 0.2) is 22.8 Å². The lowest BCUT2D eigenvalue weighted by Crippen LogP contribution is -1.87. The van der Waals surface area contributed by atoms with Crippen LogP contribution in [0.1, 0.15) is 5.56 Å². The minimum atomic E-state index is 0.429. The second kappa shape index (κ2) is 3.24. The number of hydrogen-bond donors (Lipinski definition) is 0. The van der Waals surface area contributed by atoms with E-state index in [1.807, 2.05) is 19.1 Å². The second-order valence-corrected chi connectivity index (χ2v) is 4.09. The highest BCUT2D eigenvalue weighted by atomic mass is 79.9. The summed E-state index contributed by atoms with van der Waals surface area (Å²) in [6, 6.07) is 3.92. The Morgan fingerprint density at radius 2 is 2.15 bits per heavy atom. The molecule has 0 atom stereocenters. The number of halogens is 2. The third-order valence-electron chi connectivity index (χ3n) is 1.77. The Morgan fingerprint density at radius 3 is 2.92 bits per heavy atom. The second-order valence-electron chi connectivity index (χ2n) is 2.78. The molecule has 0 bridgehead atoms. The van der Waals surface area contributed by atoms with Crippen molar-refractivity contribution in [3.8, 4) is 0 Å². The summed E-state index contributed by atoms with van der Waals surface area (Å²) in [5.74, 6) is 0. The van der Waals surface area contributed by atoms with Crippen LogP contribution in [0.2, 0.25) is 5.15 Å². The summed E-state index contributed by atoms with van der Waals surface area (Å²) < 4.78 is 1.01. The summed E-state index contributed by atoms with van der Waals surface area (Å²) in [7, 11) is 0. The lowest BCUT2D eigenvalue weighted by molar-refractivity contribution is 1.27. The molecule has 0 saturated heterocycles. The molecule has 1 aromatic heterocycles. The molecule has 0 N–H and O–H groups in total. The fourth-order valence-electron chi connectivity index (χ4n) is 1.22. The molecular formula is C9H6BrClN2. The molecule has 0 unspecified atom stereocenters. The van der Waals surface area contributed by atoms with Crippen LogP contribution in [0.5, 0.6) is 0 Å². The normalized spacial score (nSPS) is 10.7. The van der Waals surface area contributed by atoms with Gasteiger partial charge in [0, 0.05) is 4.47 Å². The third kappa shape index (κ3) is 1.67. The van der Waals surface area contributed by atoms with Crippen LogP contribution in [-0.4, -0.2) is 9.97 Å². The number of nitrogens with zero attached hydrogens (tertiary/aromatic N) is 2. The molecule has 4 heteroatoms. The van der Waals surface area contributed by atoms with Crippen LogP contribution in [0.25, 0.3) is 11.0 Å². The van der Waals surface area contributed by atoms with E-state index in [2.05, 4.69) is 25.9 Å². The first-order chi connectivity index (χ1) is 6.16. The molecule has 0 spiro atoms. The van der Waals surface area contributed by atoms with Gasteiger partial charge in [-0.25, -0.2) is 4.98 Å². The maximum absolute atomic E-state index is 5.75. The van der Waals surface area contributed by atoms with Gasteiger partial charge in [-0.1, -0.05) is 27.5 Å². The predicted molar refractivity (Wildman–Crippen MR) is 57.0 cm³/mol. The van der Waals surface area contributed by atoms with Gasteiger partial charge in [0.2, 0.25) is 0 Å². The molecule has 13 heavy (non-hydrogen) atoms. The van der Waals surface area contributed by atoms with Gasteiger partial charge in [-0.05, 0) is 24.6 Å². The smallest absolute Gasteiger partial charge is 0.148 e. The number of fused-ring (bicyclic) bond motifs is 1. The van der Waals surface area contributed by atoms with E-state index in [-0.39, 0.29) is 0 Å². The maximum Gasteiger partial charge on any atom is 0.148 e. The Balaban J connectivity index is 2.87. The first kappa shape index (κ1) is 8.91. The van der Waals surface area contributed by atoms with E-state index in [0.717, 1.165) is 21.1 Å². The van der Waals surface area contributed by atoms with Gasteiger partial charge in [0.1, 0.15) is 5.15 Å².